The number of rotatable bonds is 4. The third-order valence-corrected chi connectivity index (χ3v) is 8.69. The lowest BCUT2D eigenvalue weighted by atomic mass is 10.0. The molecule has 170 valence electrons. The number of hydrogen-bond donors (Lipinski definition) is 1. The minimum atomic E-state index is -3.83. The van der Waals surface area contributed by atoms with Gasteiger partial charge < -0.3 is 15.5 Å². The number of urea groups is 1. The van der Waals surface area contributed by atoms with Gasteiger partial charge in [0, 0.05) is 44.0 Å². The topological polar surface area (TPSA) is 125 Å². The molecule has 0 spiro atoms. The van der Waals surface area contributed by atoms with Gasteiger partial charge in [-0.15, -0.1) is 0 Å². The number of anilines is 1. The lowest BCUT2D eigenvalue weighted by molar-refractivity contribution is 0.214. The fourth-order valence-electron chi connectivity index (χ4n) is 5.36. The summed E-state index contributed by atoms with van der Waals surface area (Å²) in [5.74, 6) is 0.742. The molecule has 1 aliphatic heterocycles. The Morgan fingerprint density at radius 1 is 1.18 bits per heavy atom. The van der Waals surface area contributed by atoms with Crippen LogP contribution in [0.3, 0.4) is 0 Å². The molecular formula is C23H24N6O3S. The number of benzene rings is 1. The summed E-state index contributed by atoms with van der Waals surface area (Å²) in [7, 11) is -1.89. The SMILES string of the molecule is CN(c1c(C#N)cnc2c1ccn2S(=O)(=O)c1ccccc1)C1CC2CN(C(N)=O)C[C@H]2C1. The molecule has 2 N–H and O–H groups in total. The molecule has 10 heteroatoms. The Kier molecular flexibility index (Phi) is 5.01. The van der Waals surface area contributed by atoms with E-state index in [1.807, 2.05) is 7.05 Å². The van der Waals surface area contributed by atoms with E-state index in [4.69, 9.17) is 5.73 Å². The number of nitrogens with two attached hydrogens (primary N) is 1. The number of carbonyl (C=O) groups excluding carboxylic acids is 1. The van der Waals surface area contributed by atoms with Crippen LogP contribution >= 0.6 is 0 Å². The standard InChI is InChI=1S/C23H24N6O3S/c1-27(18-9-15-13-28(23(25)30)14-16(15)10-18)21-17(11-24)12-26-22-20(21)7-8-29(22)33(31,32)19-5-3-2-4-6-19/h2-8,12,15-16,18H,9-10,13-14H2,1H3,(H2,25,30)/t15-,16?,18?/m1/s1. The lowest BCUT2D eigenvalue weighted by Gasteiger charge is -2.29. The maximum absolute atomic E-state index is 13.2. The second kappa shape index (κ2) is 7.78. The Morgan fingerprint density at radius 2 is 1.85 bits per heavy atom. The minimum Gasteiger partial charge on any atom is -0.370 e. The van der Waals surface area contributed by atoms with Crippen LogP contribution in [0.15, 0.2) is 53.7 Å². The predicted molar refractivity (Wildman–Crippen MR) is 123 cm³/mol. The third-order valence-electron chi connectivity index (χ3n) is 7.01. The Morgan fingerprint density at radius 3 is 2.45 bits per heavy atom. The zero-order valence-electron chi connectivity index (χ0n) is 18.1. The minimum absolute atomic E-state index is 0.168. The van der Waals surface area contributed by atoms with Crippen molar-refractivity contribution in [2.45, 2.75) is 23.8 Å². The number of hydrogen-bond acceptors (Lipinski definition) is 6. The van der Waals surface area contributed by atoms with Gasteiger partial charge in [-0.3, -0.25) is 0 Å². The Bertz CT molecular complexity index is 1360. The number of aromatic nitrogens is 2. The molecule has 1 aliphatic carbocycles. The van der Waals surface area contributed by atoms with Gasteiger partial charge in [-0.2, -0.15) is 5.26 Å². The number of nitrogens with zero attached hydrogens (tertiary/aromatic N) is 5. The van der Waals surface area contributed by atoms with Crippen molar-refractivity contribution in [2.75, 3.05) is 25.0 Å². The van der Waals surface area contributed by atoms with Crippen LogP contribution in [-0.4, -0.2) is 54.5 Å². The molecule has 2 aromatic heterocycles. The van der Waals surface area contributed by atoms with E-state index < -0.39 is 10.0 Å². The van der Waals surface area contributed by atoms with Crippen molar-refractivity contribution in [1.29, 1.82) is 5.26 Å². The molecule has 2 fully saturated rings. The molecular weight excluding hydrogens is 440 g/mol. The van der Waals surface area contributed by atoms with E-state index in [-0.39, 0.29) is 22.6 Å². The van der Waals surface area contributed by atoms with E-state index in [0.717, 1.165) is 12.8 Å². The van der Waals surface area contributed by atoms with Crippen LogP contribution in [0, 0.1) is 23.2 Å². The van der Waals surface area contributed by atoms with Crippen molar-refractivity contribution in [3.05, 3.63) is 54.4 Å². The van der Waals surface area contributed by atoms with Crippen LogP contribution in [0.1, 0.15) is 18.4 Å². The zero-order valence-corrected chi connectivity index (χ0v) is 18.9. The van der Waals surface area contributed by atoms with Crippen LogP contribution in [0.25, 0.3) is 11.0 Å². The number of fused-ring (bicyclic) bond motifs is 2. The summed E-state index contributed by atoms with van der Waals surface area (Å²) in [5, 5.41) is 10.4. The summed E-state index contributed by atoms with van der Waals surface area (Å²) in [4.78, 5) is 19.8. The van der Waals surface area contributed by atoms with E-state index in [9.17, 15) is 18.5 Å². The van der Waals surface area contributed by atoms with Crippen molar-refractivity contribution < 1.29 is 13.2 Å². The van der Waals surface area contributed by atoms with Gasteiger partial charge in [0.05, 0.1) is 16.1 Å². The van der Waals surface area contributed by atoms with E-state index >= 15 is 0 Å². The highest BCUT2D eigenvalue weighted by molar-refractivity contribution is 7.90. The second-order valence-electron chi connectivity index (χ2n) is 8.80. The molecule has 33 heavy (non-hydrogen) atoms. The number of carbonyl (C=O) groups is 1. The predicted octanol–water partition coefficient (Wildman–Crippen LogP) is 2.37. The molecule has 2 amide bonds. The van der Waals surface area contributed by atoms with E-state index in [1.54, 1.807) is 41.3 Å². The van der Waals surface area contributed by atoms with Gasteiger partial charge in [-0.25, -0.2) is 22.2 Å². The van der Waals surface area contributed by atoms with Gasteiger partial charge in [0.1, 0.15) is 6.07 Å². The number of primary amides is 1. The maximum Gasteiger partial charge on any atom is 0.314 e. The van der Waals surface area contributed by atoms with Crippen LogP contribution < -0.4 is 10.6 Å². The molecule has 3 heterocycles. The first-order valence-corrected chi connectivity index (χ1v) is 12.2. The normalized spacial score (nSPS) is 22.3. The molecule has 3 aromatic rings. The van der Waals surface area contributed by atoms with Gasteiger partial charge in [-0.1, -0.05) is 18.2 Å². The van der Waals surface area contributed by atoms with Crippen molar-refractivity contribution in [2.24, 2.45) is 17.6 Å². The van der Waals surface area contributed by atoms with Gasteiger partial charge >= 0.3 is 6.03 Å². The average Bonchev–Trinajstić information content (AvgIpc) is 3.51. The molecule has 3 atom stereocenters. The van der Waals surface area contributed by atoms with Crippen molar-refractivity contribution in [1.82, 2.24) is 13.9 Å². The van der Waals surface area contributed by atoms with Gasteiger partial charge in [0.2, 0.25) is 0 Å². The lowest BCUT2D eigenvalue weighted by Crippen LogP contribution is -2.37. The largest absolute Gasteiger partial charge is 0.370 e. The summed E-state index contributed by atoms with van der Waals surface area (Å²) in [6, 6.07) is 11.9. The maximum atomic E-state index is 13.2. The van der Waals surface area contributed by atoms with Crippen LogP contribution in [-0.2, 0) is 10.0 Å². The molecule has 1 saturated carbocycles. The van der Waals surface area contributed by atoms with E-state index in [0.29, 0.717) is 41.6 Å². The molecule has 2 aliphatic rings. The highest BCUT2D eigenvalue weighted by Crippen LogP contribution is 2.42. The van der Waals surface area contributed by atoms with Gasteiger partial charge in [-0.05, 0) is 42.9 Å². The third kappa shape index (κ3) is 3.40. The quantitative estimate of drug-likeness (QED) is 0.632. The number of likely N-dealkylation sites (tertiary alicyclic amines) is 1. The van der Waals surface area contributed by atoms with Crippen LogP contribution in [0.2, 0.25) is 0 Å². The molecule has 1 saturated heterocycles. The first kappa shape index (κ1) is 21.3. The Balaban J connectivity index is 1.52. The number of pyridine rings is 1. The van der Waals surface area contributed by atoms with Crippen molar-refractivity contribution in [3.63, 3.8) is 0 Å². The monoisotopic (exact) mass is 464 g/mol. The summed E-state index contributed by atoms with van der Waals surface area (Å²) in [5.41, 5.74) is 6.82. The summed E-state index contributed by atoms with van der Waals surface area (Å²) in [6.07, 6.45) is 4.69. The van der Waals surface area contributed by atoms with Gasteiger partial charge in [0.25, 0.3) is 10.0 Å². The average molecular weight is 465 g/mol. The fraction of sp³-hybridized carbons (Fsp3) is 0.348. The molecule has 0 radical (unpaired) electrons. The first-order valence-electron chi connectivity index (χ1n) is 10.8. The molecule has 0 bridgehead atoms. The molecule has 5 rings (SSSR count). The smallest absolute Gasteiger partial charge is 0.314 e. The highest BCUT2D eigenvalue weighted by Gasteiger charge is 2.43. The molecule has 2 unspecified atom stereocenters. The first-order chi connectivity index (χ1) is 15.8. The zero-order chi connectivity index (χ0) is 23.3. The molecule has 9 nitrogen and oxygen atoms in total. The van der Waals surface area contributed by atoms with E-state index in [2.05, 4.69) is 16.0 Å². The van der Waals surface area contributed by atoms with Crippen molar-refractivity contribution in [3.8, 4) is 6.07 Å². The van der Waals surface area contributed by atoms with Gasteiger partial charge in [0.15, 0.2) is 5.65 Å². The fourth-order valence-corrected chi connectivity index (χ4v) is 6.68. The van der Waals surface area contributed by atoms with E-state index in [1.165, 1.54) is 16.4 Å². The summed E-state index contributed by atoms with van der Waals surface area (Å²) >= 11 is 0. The number of amides is 2. The van der Waals surface area contributed by atoms with Crippen LogP contribution in [0.4, 0.5) is 10.5 Å². The molecule has 1 aromatic carbocycles. The second-order valence-corrected chi connectivity index (χ2v) is 10.6. The Hall–Kier alpha value is -3.58. The summed E-state index contributed by atoms with van der Waals surface area (Å²) in [6.45, 7) is 1.32. The number of nitriles is 1. The Labute approximate surface area is 192 Å². The summed E-state index contributed by atoms with van der Waals surface area (Å²) < 4.78 is 27.6. The highest BCUT2D eigenvalue weighted by atomic mass is 32.2. The van der Waals surface area contributed by atoms with Crippen molar-refractivity contribution >= 4 is 32.8 Å². The van der Waals surface area contributed by atoms with Crippen LogP contribution in [0.5, 0.6) is 0 Å².